The monoisotopic (exact) mass is 254 g/mol. The second-order valence-electron chi connectivity index (χ2n) is 3.30. The van der Waals surface area contributed by atoms with Crippen molar-refractivity contribution in [3.8, 4) is 0 Å². The van der Waals surface area contributed by atoms with Gasteiger partial charge in [0, 0.05) is 5.56 Å². The molecular formula is C10H7F5O2. The molecule has 0 amide bonds. The first-order chi connectivity index (χ1) is 7.84. The average Bonchev–Trinajstić information content (AvgIpc) is 2.23. The van der Waals surface area contributed by atoms with Gasteiger partial charge in [-0.25, -0.2) is 22.0 Å². The molecule has 0 aliphatic carbocycles. The fraction of sp³-hybridized carbons (Fsp3) is 0.300. The number of rotatable bonds is 4. The predicted octanol–water partition coefficient (Wildman–Crippen LogP) is 2.93. The zero-order valence-electron chi connectivity index (χ0n) is 8.26. The van der Waals surface area contributed by atoms with Crippen LogP contribution in [0.1, 0.15) is 17.9 Å². The SMILES string of the molecule is O=C(O)CC(c1ccc(F)c(F)c1F)C(F)F. The summed E-state index contributed by atoms with van der Waals surface area (Å²) in [5, 5.41) is 8.39. The number of benzene rings is 1. The molecule has 0 radical (unpaired) electrons. The highest BCUT2D eigenvalue weighted by Gasteiger charge is 2.29. The highest BCUT2D eigenvalue weighted by Crippen LogP contribution is 2.30. The molecule has 1 unspecified atom stereocenters. The van der Waals surface area contributed by atoms with Crippen molar-refractivity contribution in [3.63, 3.8) is 0 Å². The summed E-state index contributed by atoms with van der Waals surface area (Å²) in [5.74, 6) is -8.79. The van der Waals surface area contributed by atoms with Gasteiger partial charge in [0.15, 0.2) is 17.5 Å². The Labute approximate surface area is 92.7 Å². The maximum atomic E-state index is 13.2. The Morgan fingerprint density at radius 2 is 1.76 bits per heavy atom. The third kappa shape index (κ3) is 2.92. The molecule has 0 bridgehead atoms. The van der Waals surface area contributed by atoms with Gasteiger partial charge in [-0.05, 0) is 6.07 Å². The standard InChI is InChI=1S/C10H7F5O2/c11-6-2-1-4(8(12)9(6)13)5(10(14)15)3-7(16)17/h1-2,5,10H,3H2,(H,16,17). The maximum Gasteiger partial charge on any atom is 0.304 e. The van der Waals surface area contributed by atoms with Crippen LogP contribution in [0.3, 0.4) is 0 Å². The zero-order valence-corrected chi connectivity index (χ0v) is 8.26. The molecule has 2 nitrogen and oxygen atoms in total. The number of hydrogen-bond acceptors (Lipinski definition) is 1. The molecular weight excluding hydrogens is 247 g/mol. The van der Waals surface area contributed by atoms with E-state index in [1.54, 1.807) is 0 Å². The van der Waals surface area contributed by atoms with Gasteiger partial charge in [-0.2, -0.15) is 0 Å². The number of aliphatic carboxylic acids is 1. The number of alkyl halides is 2. The van der Waals surface area contributed by atoms with Crippen LogP contribution < -0.4 is 0 Å². The summed E-state index contributed by atoms with van der Waals surface area (Å²) in [4.78, 5) is 10.3. The van der Waals surface area contributed by atoms with E-state index in [0.717, 1.165) is 0 Å². The van der Waals surface area contributed by atoms with E-state index in [1.165, 1.54) is 0 Å². The minimum absolute atomic E-state index is 0.477. The van der Waals surface area contributed by atoms with Crippen molar-refractivity contribution in [1.82, 2.24) is 0 Å². The van der Waals surface area contributed by atoms with E-state index in [1.807, 2.05) is 0 Å². The second kappa shape index (κ2) is 5.11. The lowest BCUT2D eigenvalue weighted by Crippen LogP contribution is -2.16. The van der Waals surface area contributed by atoms with Gasteiger partial charge < -0.3 is 5.11 Å². The zero-order chi connectivity index (χ0) is 13.2. The number of hydrogen-bond donors (Lipinski definition) is 1. The van der Waals surface area contributed by atoms with Gasteiger partial charge >= 0.3 is 5.97 Å². The first kappa shape index (κ1) is 13.4. The molecule has 1 aromatic rings. The van der Waals surface area contributed by atoms with Gasteiger partial charge in [0.05, 0.1) is 12.3 Å². The molecule has 1 rings (SSSR count). The molecule has 7 heteroatoms. The molecule has 1 aromatic carbocycles. The Morgan fingerprint density at radius 3 is 2.24 bits per heavy atom. The molecule has 1 N–H and O–H groups in total. The highest BCUT2D eigenvalue weighted by molar-refractivity contribution is 5.68. The fourth-order valence-corrected chi connectivity index (χ4v) is 1.35. The van der Waals surface area contributed by atoms with Crippen LogP contribution >= 0.6 is 0 Å². The Balaban J connectivity index is 3.19. The smallest absolute Gasteiger partial charge is 0.304 e. The Kier molecular flexibility index (Phi) is 4.03. The van der Waals surface area contributed by atoms with Crippen molar-refractivity contribution < 1.29 is 31.9 Å². The second-order valence-corrected chi connectivity index (χ2v) is 3.30. The van der Waals surface area contributed by atoms with E-state index in [0.29, 0.717) is 12.1 Å². The Hall–Kier alpha value is -1.66. The van der Waals surface area contributed by atoms with Crippen LogP contribution in [0.4, 0.5) is 22.0 Å². The van der Waals surface area contributed by atoms with Crippen LogP contribution in [0.5, 0.6) is 0 Å². The molecule has 17 heavy (non-hydrogen) atoms. The summed E-state index contributed by atoms with van der Waals surface area (Å²) >= 11 is 0. The van der Waals surface area contributed by atoms with Gasteiger partial charge in [0.2, 0.25) is 6.43 Å². The summed E-state index contributed by atoms with van der Waals surface area (Å²) in [6.45, 7) is 0. The summed E-state index contributed by atoms with van der Waals surface area (Å²) in [6, 6.07) is 1.10. The van der Waals surface area contributed by atoms with Crippen molar-refractivity contribution in [2.75, 3.05) is 0 Å². The van der Waals surface area contributed by atoms with Gasteiger partial charge in [-0.15, -0.1) is 0 Å². The molecule has 1 atom stereocenters. The number of carbonyl (C=O) groups is 1. The lowest BCUT2D eigenvalue weighted by Gasteiger charge is -2.15. The van der Waals surface area contributed by atoms with Gasteiger partial charge in [-0.1, -0.05) is 6.07 Å². The third-order valence-corrected chi connectivity index (χ3v) is 2.16. The largest absolute Gasteiger partial charge is 0.481 e. The van der Waals surface area contributed by atoms with Crippen LogP contribution in [-0.2, 0) is 4.79 Å². The van der Waals surface area contributed by atoms with Crippen molar-refractivity contribution in [2.45, 2.75) is 18.8 Å². The summed E-state index contributed by atoms with van der Waals surface area (Å²) in [5.41, 5.74) is -0.846. The lowest BCUT2D eigenvalue weighted by molar-refractivity contribution is -0.138. The van der Waals surface area contributed by atoms with Crippen LogP contribution in [-0.4, -0.2) is 17.5 Å². The normalized spacial score (nSPS) is 12.8. The summed E-state index contributed by atoms with van der Waals surface area (Å²) in [7, 11) is 0. The summed E-state index contributed by atoms with van der Waals surface area (Å²) in [6.07, 6.45) is -4.26. The molecule has 0 aromatic heterocycles. The van der Waals surface area contributed by atoms with Gasteiger partial charge in [-0.3, -0.25) is 4.79 Å². The lowest BCUT2D eigenvalue weighted by atomic mass is 9.95. The van der Waals surface area contributed by atoms with E-state index in [2.05, 4.69) is 0 Å². The van der Waals surface area contributed by atoms with Gasteiger partial charge in [0.1, 0.15) is 0 Å². The van der Waals surface area contributed by atoms with E-state index in [9.17, 15) is 26.7 Å². The van der Waals surface area contributed by atoms with Crippen LogP contribution in [0, 0.1) is 17.5 Å². The fourth-order valence-electron chi connectivity index (χ4n) is 1.35. The van der Waals surface area contributed by atoms with E-state index < -0.39 is 47.7 Å². The molecule has 0 spiro atoms. The topological polar surface area (TPSA) is 37.3 Å². The maximum absolute atomic E-state index is 13.2. The van der Waals surface area contributed by atoms with Crippen molar-refractivity contribution >= 4 is 5.97 Å². The minimum atomic E-state index is -3.19. The van der Waals surface area contributed by atoms with Gasteiger partial charge in [0.25, 0.3) is 0 Å². The van der Waals surface area contributed by atoms with E-state index in [4.69, 9.17) is 5.11 Å². The van der Waals surface area contributed by atoms with Crippen molar-refractivity contribution in [1.29, 1.82) is 0 Å². The first-order valence-corrected chi connectivity index (χ1v) is 4.48. The van der Waals surface area contributed by atoms with Crippen molar-refractivity contribution in [2.24, 2.45) is 0 Å². The highest BCUT2D eigenvalue weighted by atomic mass is 19.3. The Morgan fingerprint density at radius 1 is 1.18 bits per heavy atom. The average molecular weight is 254 g/mol. The number of carboxylic acids is 1. The molecule has 0 aliphatic rings. The van der Waals surface area contributed by atoms with Crippen molar-refractivity contribution in [3.05, 3.63) is 35.1 Å². The van der Waals surface area contributed by atoms with E-state index in [-0.39, 0.29) is 0 Å². The Bertz CT molecular complexity index is 433. The third-order valence-electron chi connectivity index (χ3n) is 2.16. The molecule has 0 saturated heterocycles. The minimum Gasteiger partial charge on any atom is -0.481 e. The summed E-state index contributed by atoms with van der Waals surface area (Å²) < 4.78 is 63.6. The number of carboxylic acid groups (broad SMARTS) is 1. The molecule has 0 fully saturated rings. The quantitative estimate of drug-likeness (QED) is 0.662. The van der Waals surface area contributed by atoms with Crippen LogP contribution in [0.2, 0.25) is 0 Å². The molecule has 0 heterocycles. The first-order valence-electron chi connectivity index (χ1n) is 4.48. The molecule has 94 valence electrons. The molecule has 0 saturated carbocycles. The number of halogens is 5. The van der Waals surface area contributed by atoms with E-state index >= 15 is 0 Å². The predicted molar refractivity (Wildman–Crippen MR) is 47.3 cm³/mol. The van der Waals surface area contributed by atoms with Crippen LogP contribution in [0.25, 0.3) is 0 Å². The van der Waals surface area contributed by atoms with Crippen LogP contribution in [0.15, 0.2) is 12.1 Å². The molecule has 0 aliphatic heterocycles.